The average Bonchev–Trinajstić information content (AvgIpc) is 2.96. The van der Waals surface area contributed by atoms with Crippen LogP contribution < -0.4 is 9.47 Å². The molecule has 4 heteroatoms. The van der Waals surface area contributed by atoms with E-state index in [1.54, 1.807) is 0 Å². The van der Waals surface area contributed by atoms with Crippen molar-refractivity contribution in [3.63, 3.8) is 0 Å². The van der Waals surface area contributed by atoms with Crippen molar-refractivity contribution in [3.8, 4) is 45.1 Å². The van der Waals surface area contributed by atoms with Crippen molar-refractivity contribution >= 4 is 0 Å². The second-order valence-electron chi connectivity index (χ2n) is 7.33. The van der Waals surface area contributed by atoms with Crippen LogP contribution in [0.4, 0.5) is 0 Å². The number of ether oxygens (including phenoxy) is 3. The highest BCUT2D eigenvalue weighted by atomic mass is 16.6. The van der Waals surface area contributed by atoms with Crippen LogP contribution in [0.5, 0.6) is 11.5 Å². The maximum absolute atomic E-state index is 5.93. The molecule has 5 rings (SSSR count). The van der Waals surface area contributed by atoms with Crippen LogP contribution in [0, 0.1) is 0 Å². The zero-order valence-electron chi connectivity index (χ0n) is 17.2. The van der Waals surface area contributed by atoms with Crippen molar-refractivity contribution in [1.29, 1.82) is 0 Å². The number of rotatable bonds is 3. The molecule has 1 aliphatic heterocycles. The number of fused-ring (bicyclic) bond motifs is 1. The van der Waals surface area contributed by atoms with Gasteiger partial charge in [0.2, 0.25) is 0 Å². The lowest BCUT2D eigenvalue weighted by Gasteiger charge is -2.14. The third kappa shape index (κ3) is 4.44. The minimum atomic E-state index is 0.501. The van der Waals surface area contributed by atoms with E-state index in [4.69, 9.17) is 19.2 Å². The van der Waals surface area contributed by atoms with E-state index in [0.29, 0.717) is 26.4 Å². The highest BCUT2D eigenvalue weighted by molar-refractivity contribution is 5.77. The minimum absolute atomic E-state index is 0.501. The molecule has 4 aromatic rings. The third-order valence-electron chi connectivity index (χ3n) is 5.21. The maximum Gasteiger partial charge on any atom is 0.161 e. The fourth-order valence-electron chi connectivity index (χ4n) is 3.65. The predicted molar refractivity (Wildman–Crippen MR) is 122 cm³/mol. The molecule has 154 valence electrons. The molecule has 0 N–H and O–H groups in total. The average molecular weight is 409 g/mol. The van der Waals surface area contributed by atoms with Crippen molar-refractivity contribution in [3.05, 3.63) is 91.0 Å². The number of pyridine rings is 1. The molecule has 3 aromatic carbocycles. The van der Waals surface area contributed by atoms with E-state index in [0.717, 1.165) is 45.1 Å². The Hall–Kier alpha value is -3.63. The van der Waals surface area contributed by atoms with E-state index in [1.807, 2.05) is 48.5 Å². The molecular weight excluding hydrogens is 386 g/mol. The van der Waals surface area contributed by atoms with Gasteiger partial charge < -0.3 is 14.2 Å². The van der Waals surface area contributed by atoms with Gasteiger partial charge in [0.1, 0.15) is 13.2 Å². The first-order valence-corrected chi connectivity index (χ1v) is 10.5. The summed E-state index contributed by atoms with van der Waals surface area (Å²) in [7, 11) is 0. The fraction of sp³-hybridized carbons (Fsp3) is 0.148. The molecule has 0 fully saturated rings. The second-order valence-corrected chi connectivity index (χ2v) is 7.33. The standard InChI is InChI=1S/C27H23NO3/c1-3-7-20(8-4-1)24-17-23(18-25(28-24)21-9-5-2-6-10-21)22-11-12-26-27(19-22)31-16-14-29-13-15-30-26/h1-12,17-19H,13-16H2. The van der Waals surface area contributed by atoms with Crippen molar-refractivity contribution in [1.82, 2.24) is 4.98 Å². The Morgan fingerprint density at radius 2 is 1.06 bits per heavy atom. The van der Waals surface area contributed by atoms with Crippen molar-refractivity contribution in [2.24, 2.45) is 0 Å². The zero-order chi connectivity index (χ0) is 20.9. The van der Waals surface area contributed by atoms with Crippen LogP contribution in [0.1, 0.15) is 0 Å². The number of nitrogens with zero attached hydrogens (tertiary/aromatic N) is 1. The molecule has 0 unspecified atom stereocenters. The molecule has 0 bridgehead atoms. The Balaban J connectivity index is 1.61. The van der Waals surface area contributed by atoms with Gasteiger partial charge >= 0.3 is 0 Å². The summed E-state index contributed by atoms with van der Waals surface area (Å²) in [6.45, 7) is 2.14. The van der Waals surface area contributed by atoms with Crippen molar-refractivity contribution < 1.29 is 14.2 Å². The molecule has 0 atom stereocenters. The summed E-state index contributed by atoms with van der Waals surface area (Å²) in [6, 6.07) is 30.9. The van der Waals surface area contributed by atoms with E-state index in [-0.39, 0.29) is 0 Å². The zero-order valence-corrected chi connectivity index (χ0v) is 17.2. The smallest absolute Gasteiger partial charge is 0.161 e. The number of hydrogen-bond acceptors (Lipinski definition) is 4. The first kappa shape index (κ1) is 19.3. The maximum atomic E-state index is 5.93. The summed E-state index contributed by atoms with van der Waals surface area (Å²) in [5.41, 5.74) is 6.17. The Kier molecular flexibility index (Phi) is 5.63. The lowest BCUT2D eigenvalue weighted by Crippen LogP contribution is -2.08. The van der Waals surface area contributed by atoms with Gasteiger partial charge in [-0.15, -0.1) is 0 Å². The van der Waals surface area contributed by atoms with Gasteiger partial charge in [0.25, 0.3) is 0 Å². The molecule has 1 aliphatic rings. The molecule has 31 heavy (non-hydrogen) atoms. The van der Waals surface area contributed by atoms with Crippen LogP contribution in [0.15, 0.2) is 91.0 Å². The molecule has 0 saturated carbocycles. The highest BCUT2D eigenvalue weighted by Gasteiger charge is 2.13. The van der Waals surface area contributed by atoms with Gasteiger partial charge in [-0.3, -0.25) is 0 Å². The predicted octanol–water partition coefficient (Wildman–Crippen LogP) is 5.87. The highest BCUT2D eigenvalue weighted by Crippen LogP contribution is 2.36. The van der Waals surface area contributed by atoms with Crippen LogP contribution in [0.2, 0.25) is 0 Å². The normalized spacial score (nSPS) is 13.7. The first-order valence-electron chi connectivity index (χ1n) is 10.5. The summed E-state index contributed by atoms with van der Waals surface area (Å²) < 4.78 is 17.2. The first-order chi connectivity index (χ1) is 15.4. The van der Waals surface area contributed by atoms with E-state index < -0.39 is 0 Å². The second kappa shape index (κ2) is 9.02. The minimum Gasteiger partial charge on any atom is -0.487 e. The van der Waals surface area contributed by atoms with Gasteiger partial charge in [-0.25, -0.2) is 4.98 Å². The molecule has 0 spiro atoms. The van der Waals surface area contributed by atoms with E-state index >= 15 is 0 Å². The number of hydrogen-bond donors (Lipinski definition) is 0. The van der Waals surface area contributed by atoms with Gasteiger partial charge in [-0.1, -0.05) is 66.7 Å². The van der Waals surface area contributed by atoms with Gasteiger partial charge in [-0.05, 0) is 35.4 Å². The van der Waals surface area contributed by atoms with Crippen LogP contribution in [0.25, 0.3) is 33.6 Å². The molecule has 2 heterocycles. The summed E-state index contributed by atoms with van der Waals surface area (Å²) in [4.78, 5) is 4.95. The van der Waals surface area contributed by atoms with Gasteiger partial charge in [0, 0.05) is 11.1 Å². The van der Waals surface area contributed by atoms with Gasteiger partial charge in [-0.2, -0.15) is 0 Å². The fourth-order valence-corrected chi connectivity index (χ4v) is 3.65. The molecule has 0 radical (unpaired) electrons. The molecule has 0 aliphatic carbocycles. The van der Waals surface area contributed by atoms with E-state index in [2.05, 4.69) is 42.5 Å². The Morgan fingerprint density at radius 3 is 1.68 bits per heavy atom. The number of benzene rings is 3. The molecule has 0 amide bonds. The third-order valence-corrected chi connectivity index (χ3v) is 5.21. The van der Waals surface area contributed by atoms with Gasteiger partial charge in [0.15, 0.2) is 11.5 Å². The Morgan fingerprint density at radius 1 is 0.484 bits per heavy atom. The van der Waals surface area contributed by atoms with Crippen molar-refractivity contribution in [2.75, 3.05) is 26.4 Å². The molecule has 1 aromatic heterocycles. The van der Waals surface area contributed by atoms with Crippen LogP contribution in [-0.2, 0) is 4.74 Å². The molecule has 4 nitrogen and oxygen atoms in total. The Labute approximate surface area is 182 Å². The monoisotopic (exact) mass is 409 g/mol. The molecular formula is C27H23NO3. The lowest BCUT2D eigenvalue weighted by molar-refractivity contribution is 0.0877. The number of aromatic nitrogens is 1. The summed E-state index contributed by atoms with van der Waals surface area (Å²) in [5, 5.41) is 0. The summed E-state index contributed by atoms with van der Waals surface area (Å²) >= 11 is 0. The Bertz CT molecular complexity index is 1100. The molecule has 0 saturated heterocycles. The lowest BCUT2D eigenvalue weighted by atomic mass is 9.99. The quantitative estimate of drug-likeness (QED) is 0.424. The van der Waals surface area contributed by atoms with Crippen LogP contribution in [0.3, 0.4) is 0 Å². The van der Waals surface area contributed by atoms with Crippen LogP contribution in [-0.4, -0.2) is 31.4 Å². The summed E-state index contributed by atoms with van der Waals surface area (Å²) in [5.74, 6) is 1.48. The topological polar surface area (TPSA) is 40.6 Å². The van der Waals surface area contributed by atoms with E-state index in [1.165, 1.54) is 0 Å². The van der Waals surface area contributed by atoms with Crippen LogP contribution >= 0.6 is 0 Å². The van der Waals surface area contributed by atoms with Crippen molar-refractivity contribution in [2.45, 2.75) is 0 Å². The summed E-state index contributed by atoms with van der Waals surface area (Å²) in [6.07, 6.45) is 0. The van der Waals surface area contributed by atoms with E-state index in [9.17, 15) is 0 Å². The largest absolute Gasteiger partial charge is 0.487 e. The van der Waals surface area contributed by atoms with Gasteiger partial charge in [0.05, 0.1) is 24.6 Å². The SMILES string of the molecule is c1ccc(-c2cc(-c3ccc4c(c3)OCCOCCO4)cc(-c3ccccc3)n2)cc1.